The number of carbonyl (C=O) groups is 2. The van der Waals surface area contributed by atoms with Gasteiger partial charge in [0.1, 0.15) is 5.75 Å². The van der Waals surface area contributed by atoms with Crippen LogP contribution in [0.2, 0.25) is 0 Å². The Morgan fingerprint density at radius 1 is 1.08 bits per heavy atom. The van der Waals surface area contributed by atoms with Crippen LogP contribution in [0.25, 0.3) is 0 Å². The minimum Gasteiger partial charge on any atom is -0.497 e. The summed E-state index contributed by atoms with van der Waals surface area (Å²) >= 11 is 0. The van der Waals surface area contributed by atoms with Crippen molar-refractivity contribution in [2.75, 3.05) is 26.0 Å². The van der Waals surface area contributed by atoms with E-state index in [1.807, 2.05) is 31.2 Å². The fourth-order valence-corrected chi connectivity index (χ4v) is 2.38. The van der Waals surface area contributed by atoms with Crippen LogP contribution in [0.4, 0.5) is 5.69 Å². The van der Waals surface area contributed by atoms with E-state index in [1.165, 1.54) is 4.90 Å². The van der Waals surface area contributed by atoms with Crippen LogP contribution in [-0.4, -0.2) is 37.4 Å². The molecule has 2 aromatic carbocycles. The van der Waals surface area contributed by atoms with Gasteiger partial charge in [-0.1, -0.05) is 25.1 Å². The van der Waals surface area contributed by atoms with Crippen molar-refractivity contribution in [3.63, 3.8) is 0 Å². The number of nitrogens with zero attached hydrogens (tertiary/aromatic N) is 1. The number of anilines is 1. The van der Waals surface area contributed by atoms with Crippen LogP contribution in [0, 0.1) is 0 Å². The van der Waals surface area contributed by atoms with Gasteiger partial charge in [-0.2, -0.15) is 0 Å². The third-order valence-corrected chi connectivity index (χ3v) is 3.74. The predicted octanol–water partition coefficient (Wildman–Crippen LogP) is 2.97. The first-order chi connectivity index (χ1) is 11.5. The highest BCUT2D eigenvalue weighted by molar-refractivity contribution is 5.99. The van der Waals surface area contributed by atoms with E-state index in [4.69, 9.17) is 4.74 Å². The zero-order valence-corrected chi connectivity index (χ0v) is 14.2. The van der Waals surface area contributed by atoms with Gasteiger partial charge in [0.25, 0.3) is 5.91 Å². The SMILES string of the molecule is CCc1ccccc1NC(=O)CN(C)C(=O)c1ccc(OC)cc1. The molecule has 5 nitrogen and oxygen atoms in total. The molecule has 0 spiro atoms. The van der Waals surface area contributed by atoms with Crippen molar-refractivity contribution in [1.82, 2.24) is 4.90 Å². The number of methoxy groups -OCH3 is 1. The summed E-state index contributed by atoms with van der Waals surface area (Å²) in [6, 6.07) is 14.5. The fraction of sp³-hybridized carbons (Fsp3) is 0.263. The van der Waals surface area contributed by atoms with Crippen LogP contribution in [0.5, 0.6) is 5.75 Å². The number of carbonyl (C=O) groups excluding carboxylic acids is 2. The van der Waals surface area contributed by atoms with Crippen LogP contribution in [0.3, 0.4) is 0 Å². The highest BCUT2D eigenvalue weighted by atomic mass is 16.5. The number of ether oxygens (including phenoxy) is 1. The largest absolute Gasteiger partial charge is 0.497 e. The molecule has 2 rings (SSSR count). The van der Waals surface area contributed by atoms with E-state index in [9.17, 15) is 9.59 Å². The third kappa shape index (κ3) is 4.35. The summed E-state index contributed by atoms with van der Waals surface area (Å²) in [5.41, 5.74) is 2.37. The fourth-order valence-electron chi connectivity index (χ4n) is 2.38. The molecule has 0 aliphatic rings. The number of nitrogens with one attached hydrogen (secondary N) is 1. The van der Waals surface area contributed by atoms with Crippen LogP contribution in [-0.2, 0) is 11.2 Å². The first-order valence-corrected chi connectivity index (χ1v) is 7.82. The van der Waals surface area contributed by atoms with Crippen molar-refractivity contribution in [1.29, 1.82) is 0 Å². The summed E-state index contributed by atoms with van der Waals surface area (Å²) in [5.74, 6) is 0.250. The Hall–Kier alpha value is -2.82. The smallest absolute Gasteiger partial charge is 0.254 e. The number of hydrogen-bond donors (Lipinski definition) is 1. The van der Waals surface area contributed by atoms with E-state index in [0.717, 1.165) is 17.7 Å². The predicted molar refractivity (Wildman–Crippen MR) is 94.4 cm³/mol. The van der Waals surface area contributed by atoms with E-state index >= 15 is 0 Å². The van der Waals surface area contributed by atoms with Gasteiger partial charge in [0, 0.05) is 18.3 Å². The lowest BCUT2D eigenvalue weighted by Crippen LogP contribution is -2.35. The number of hydrogen-bond acceptors (Lipinski definition) is 3. The first-order valence-electron chi connectivity index (χ1n) is 7.82. The van der Waals surface area contributed by atoms with Gasteiger partial charge in [0.2, 0.25) is 5.91 Å². The van der Waals surface area contributed by atoms with Crippen LogP contribution in [0.1, 0.15) is 22.8 Å². The van der Waals surface area contributed by atoms with Gasteiger partial charge in [-0.05, 0) is 42.3 Å². The third-order valence-electron chi connectivity index (χ3n) is 3.74. The minimum atomic E-state index is -0.222. The lowest BCUT2D eigenvalue weighted by atomic mass is 10.1. The van der Waals surface area contributed by atoms with Gasteiger partial charge >= 0.3 is 0 Å². The van der Waals surface area contributed by atoms with Crippen LogP contribution >= 0.6 is 0 Å². The molecule has 2 aromatic rings. The van der Waals surface area contributed by atoms with E-state index in [0.29, 0.717) is 11.3 Å². The quantitative estimate of drug-likeness (QED) is 0.888. The number of para-hydroxylation sites is 1. The van der Waals surface area contributed by atoms with Gasteiger partial charge in [0.15, 0.2) is 0 Å². The van der Waals surface area contributed by atoms with Crippen molar-refractivity contribution >= 4 is 17.5 Å². The minimum absolute atomic E-state index is 0.0110. The maximum Gasteiger partial charge on any atom is 0.254 e. The van der Waals surface area contributed by atoms with E-state index in [1.54, 1.807) is 38.4 Å². The highest BCUT2D eigenvalue weighted by Gasteiger charge is 2.15. The molecule has 2 amide bonds. The zero-order chi connectivity index (χ0) is 17.5. The van der Waals surface area contributed by atoms with E-state index in [2.05, 4.69) is 5.32 Å². The van der Waals surface area contributed by atoms with Crippen LogP contribution < -0.4 is 10.1 Å². The van der Waals surface area contributed by atoms with Gasteiger partial charge in [-0.3, -0.25) is 9.59 Å². The molecule has 0 aliphatic heterocycles. The molecule has 0 aliphatic carbocycles. The van der Waals surface area contributed by atoms with E-state index < -0.39 is 0 Å². The lowest BCUT2D eigenvalue weighted by molar-refractivity contribution is -0.116. The molecule has 0 aromatic heterocycles. The van der Waals surface area contributed by atoms with Crippen molar-refractivity contribution in [2.24, 2.45) is 0 Å². The molecule has 1 N–H and O–H groups in total. The maximum atomic E-state index is 12.4. The molecule has 0 atom stereocenters. The van der Waals surface area contributed by atoms with Crippen molar-refractivity contribution in [2.45, 2.75) is 13.3 Å². The number of aryl methyl sites for hydroxylation is 1. The monoisotopic (exact) mass is 326 g/mol. The number of likely N-dealkylation sites (N-methyl/N-ethyl adjacent to an activating group) is 1. The molecule has 0 unspecified atom stereocenters. The number of amides is 2. The van der Waals surface area contributed by atoms with E-state index in [-0.39, 0.29) is 18.4 Å². The molecule has 24 heavy (non-hydrogen) atoms. The molecule has 0 radical (unpaired) electrons. The summed E-state index contributed by atoms with van der Waals surface area (Å²) in [6.45, 7) is 2.02. The zero-order valence-electron chi connectivity index (χ0n) is 14.2. The second kappa shape index (κ2) is 8.15. The summed E-state index contributed by atoms with van der Waals surface area (Å²) in [4.78, 5) is 26.0. The summed E-state index contributed by atoms with van der Waals surface area (Å²) in [5, 5.41) is 2.86. The molecule has 0 fully saturated rings. The summed E-state index contributed by atoms with van der Waals surface area (Å²) < 4.78 is 5.07. The summed E-state index contributed by atoms with van der Waals surface area (Å²) in [6.07, 6.45) is 0.830. The Morgan fingerprint density at radius 3 is 2.38 bits per heavy atom. The number of rotatable bonds is 6. The van der Waals surface area contributed by atoms with Gasteiger partial charge < -0.3 is 15.0 Å². The highest BCUT2D eigenvalue weighted by Crippen LogP contribution is 2.16. The topological polar surface area (TPSA) is 58.6 Å². The Kier molecular flexibility index (Phi) is 5.95. The van der Waals surface area contributed by atoms with Crippen LogP contribution in [0.15, 0.2) is 48.5 Å². The number of benzene rings is 2. The summed E-state index contributed by atoms with van der Waals surface area (Å²) in [7, 11) is 3.18. The first kappa shape index (κ1) is 17.5. The molecule has 126 valence electrons. The van der Waals surface area contributed by atoms with Crippen molar-refractivity contribution < 1.29 is 14.3 Å². The van der Waals surface area contributed by atoms with Gasteiger partial charge in [-0.15, -0.1) is 0 Å². The second-order valence-electron chi connectivity index (χ2n) is 5.45. The average Bonchev–Trinajstić information content (AvgIpc) is 2.61. The van der Waals surface area contributed by atoms with Crippen molar-refractivity contribution in [3.05, 3.63) is 59.7 Å². The molecular weight excluding hydrogens is 304 g/mol. The average molecular weight is 326 g/mol. The Balaban J connectivity index is 1.98. The van der Waals surface area contributed by atoms with Gasteiger partial charge in [-0.25, -0.2) is 0 Å². The Labute approximate surface area is 142 Å². The molecule has 0 heterocycles. The molecule has 0 saturated carbocycles. The molecule has 0 saturated heterocycles. The standard InChI is InChI=1S/C19H22N2O3/c1-4-14-7-5-6-8-17(14)20-18(22)13-21(2)19(23)15-9-11-16(24-3)12-10-15/h5-12H,4,13H2,1-3H3,(H,20,22). The second-order valence-corrected chi connectivity index (χ2v) is 5.45. The molecule has 0 bridgehead atoms. The molecular formula is C19H22N2O3. The maximum absolute atomic E-state index is 12.4. The lowest BCUT2D eigenvalue weighted by Gasteiger charge is -2.18. The Morgan fingerprint density at radius 2 is 1.75 bits per heavy atom. The van der Waals surface area contributed by atoms with Crippen molar-refractivity contribution in [3.8, 4) is 5.75 Å². The molecule has 5 heteroatoms. The normalized spacial score (nSPS) is 10.1. The van der Waals surface area contributed by atoms with Gasteiger partial charge in [0.05, 0.1) is 13.7 Å². The Bertz CT molecular complexity index is 711.